The van der Waals surface area contributed by atoms with Gasteiger partial charge in [-0.05, 0) is 12.1 Å². The van der Waals surface area contributed by atoms with Crippen molar-refractivity contribution in [1.29, 1.82) is 0 Å². The highest BCUT2D eigenvalue weighted by molar-refractivity contribution is 7.13. The van der Waals surface area contributed by atoms with E-state index in [2.05, 4.69) is 4.98 Å². The zero-order valence-electron chi connectivity index (χ0n) is 9.36. The number of anilines is 1. The number of nitrogen functional groups attached to an aromatic ring is 1. The van der Waals surface area contributed by atoms with Gasteiger partial charge in [0.25, 0.3) is 0 Å². The van der Waals surface area contributed by atoms with Gasteiger partial charge in [0, 0.05) is 10.4 Å². The third-order valence-corrected chi connectivity index (χ3v) is 3.14. The average molecular weight is 271 g/mol. The smallest absolute Gasteiger partial charge is 0.180 e. The van der Waals surface area contributed by atoms with E-state index in [9.17, 15) is 0 Å². The number of benzene rings is 1. The standard InChI is InChI=1S/C11H11ClN2O2S/c1-15-8-3-6(12)4-9(16-2)10(8)7-5-17-11(13)14-7/h3-5H,1-2H3,(H2,13,14). The molecule has 0 fully saturated rings. The van der Waals surface area contributed by atoms with Crippen molar-refractivity contribution in [3.05, 3.63) is 22.5 Å². The second-order valence-corrected chi connectivity index (χ2v) is 4.58. The number of halogens is 1. The van der Waals surface area contributed by atoms with Crippen LogP contribution in [0.15, 0.2) is 17.5 Å². The van der Waals surface area contributed by atoms with E-state index in [1.54, 1.807) is 26.4 Å². The van der Waals surface area contributed by atoms with Crippen molar-refractivity contribution >= 4 is 28.1 Å². The third kappa shape index (κ3) is 2.30. The molecule has 0 aliphatic rings. The number of thiazole rings is 1. The Morgan fingerprint density at radius 3 is 2.24 bits per heavy atom. The Balaban J connectivity index is 2.65. The number of hydrogen-bond acceptors (Lipinski definition) is 5. The van der Waals surface area contributed by atoms with Crippen LogP contribution in [0.4, 0.5) is 5.13 Å². The molecule has 0 aliphatic heterocycles. The van der Waals surface area contributed by atoms with Crippen LogP contribution >= 0.6 is 22.9 Å². The minimum atomic E-state index is 0.499. The number of ether oxygens (including phenoxy) is 2. The molecular weight excluding hydrogens is 260 g/mol. The first-order chi connectivity index (χ1) is 8.15. The Morgan fingerprint density at radius 1 is 1.24 bits per heavy atom. The Morgan fingerprint density at radius 2 is 1.82 bits per heavy atom. The topological polar surface area (TPSA) is 57.4 Å². The lowest BCUT2D eigenvalue weighted by molar-refractivity contribution is 0.397. The van der Waals surface area contributed by atoms with Gasteiger partial charge in [-0.3, -0.25) is 0 Å². The van der Waals surface area contributed by atoms with Gasteiger partial charge in [0.2, 0.25) is 0 Å². The van der Waals surface area contributed by atoms with Gasteiger partial charge in [0.05, 0.1) is 25.5 Å². The molecule has 2 rings (SSSR count). The van der Waals surface area contributed by atoms with Crippen LogP contribution in [0.5, 0.6) is 11.5 Å². The van der Waals surface area contributed by atoms with Crippen LogP contribution in [0.1, 0.15) is 0 Å². The molecule has 0 amide bonds. The molecule has 17 heavy (non-hydrogen) atoms. The van der Waals surface area contributed by atoms with E-state index >= 15 is 0 Å². The number of methoxy groups -OCH3 is 2. The van der Waals surface area contributed by atoms with Crippen LogP contribution in [0.2, 0.25) is 5.02 Å². The SMILES string of the molecule is COc1cc(Cl)cc(OC)c1-c1csc(N)n1. The van der Waals surface area contributed by atoms with Crippen LogP contribution in [0.3, 0.4) is 0 Å². The highest BCUT2D eigenvalue weighted by atomic mass is 35.5. The molecule has 0 aliphatic carbocycles. The van der Waals surface area contributed by atoms with Crippen molar-refractivity contribution in [1.82, 2.24) is 4.98 Å². The first-order valence-corrected chi connectivity index (χ1v) is 6.04. The van der Waals surface area contributed by atoms with Crippen LogP contribution in [0, 0.1) is 0 Å². The van der Waals surface area contributed by atoms with E-state index in [0.29, 0.717) is 21.7 Å². The monoisotopic (exact) mass is 270 g/mol. The molecule has 0 radical (unpaired) electrons. The molecule has 1 aromatic heterocycles. The second kappa shape index (κ2) is 4.81. The fraction of sp³-hybridized carbons (Fsp3) is 0.182. The van der Waals surface area contributed by atoms with E-state index in [1.165, 1.54) is 11.3 Å². The fourth-order valence-corrected chi connectivity index (χ4v) is 2.29. The van der Waals surface area contributed by atoms with E-state index < -0.39 is 0 Å². The number of nitrogens with two attached hydrogens (primary N) is 1. The van der Waals surface area contributed by atoms with Crippen LogP contribution in [-0.4, -0.2) is 19.2 Å². The van der Waals surface area contributed by atoms with Gasteiger partial charge in [-0.2, -0.15) is 0 Å². The van der Waals surface area contributed by atoms with Gasteiger partial charge < -0.3 is 15.2 Å². The summed E-state index contributed by atoms with van der Waals surface area (Å²) in [6, 6.07) is 3.43. The Hall–Kier alpha value is -1.46. The quantitative estimate of drug-likeness (QED) is 0.931. The fourth-order valence-electron chi connectivity index (χ4n) is 1.53. The molecule has 1 aromatic carbocycles. The lowest BCUT2D eigenvalue weighted by Crippen LogP contribution is -1.94. The zero-order chi connectivity index (χ0) is 12.4. The highest BCUT2D eigenvalue weighted by Crippen LogP contribution is 2.41. The molecule has 4 nitrogen and oxygen atoms in total. The lowest BCUT2D eigenvalue weighted by atomic mass is 10.1. The highest BCUT2D eigenvalue weighted by Gasteiger charge is 2.16. The molecular formula is C11H11ClN2O2S. The Bertz CT molecular complexity index is 517. The maximum absolute atomic E-state index is 5.97. The molecule has 0 spiro atoms. The minimum absolute atomic E-state index is 0.499. The van der Waals surface area contributed by atoms with E-state index in [1.807, 2.05) is 5.38 Å². The zero-order valence-corrected chi connectivity index (χ0v) is 10.9. The number of aromatic nitrogens is 1. The van der Waals surface area contributed by atoms with Crippen LogP contribution < -0.4 is 15.2 Å². The molecule has 1 heterocycles. The molecule has 0 atom stereocenters. The largest absolute Gasteiger partial charge is 0.496 e. The molecule has 2 aromatic rings. The maximum Gasteiger partial charge on any atom is 0.180 e. The van der Waals surface area contributed by atoms with Crippen molar-refractivity contribution in [2.24, 2.45) is 0 Å². The van der Waals surface area contributed by atoms with Gasteiger partial charge in [-0.1, -0.05) is 11.6 Å². The average Bonchev–Trinajstić information content (AvgIpc) is 2.74. The number of hydrogen-bond donors (Lipinski definition) is 1. The molecule has 6 heteroatoms. The number of rotatable bonds is 3. The second-order valence-electron chi connectivity index (χ2n) is 3.26. The van der Waals surface area contributed by atoms with Crippen molar-refractivity contribution in [2.75, 3.05) is 20.0 Å². The first-order valence-electron chi connectivity index (χ1n) is 4.78. The lowest BCUT2D eigenvalue weighted by Gasteiger charge is -2.11. The summed E-state index contributed by atoms with van der Waals surface area (Å²) in [5.41, 5.74) is 7.11. The molecule has 0 unspecified atom stereocenters. The minimum Gasteiger partial charge on any atom is -0.496 e. The van der Waals surface area contributed by atoms with Crippen molar-refractivity contribution in [2.45, 2.75) is 0 Å². The summed E-state index contributed by atoms with van der Waals surface area (Å²) in [6.45, 7) is 0. The summed E-state index contributed by atoms with van der Waals surface area (Å²) in [5, 5.41) is 2.90. The molecule has 90 valence electrons. The van der Waals surface area contributed by atoms with Crippen LogP contribution in [0.25, 0.3) is 11.3 Å². The Labute approximate surface area is 108 Å². The summed E-state index contributed by atoms with van der Waals surface area (Å²) >= 11 is 7.33. The first kappa shape index (κ1) is 12.0. The predicted molar refractivity (Wildman–Crippen MR) is 70.1 cm³/mol. The van der Waals surface area contributed by atoms with Crippen LogP contribution in [-0.2, 0) is 0 Å². The summed E-state index contributed by atoms with van der Waals surface area (Å²) < 4.78 is 10.6. The number of nitrogens with zero attached hydrogens (tertiary/aromatic N) is 1. The molecule has 0 bridgehead atoms. The van der Waals surface area contributed by atoms with Gasteiger partial charge in [0.1, 0.15) is 11.5 Å². The molecule has 0 saturated carbocycles. The van der Waals surface area contributed by atoms with Crippen molar-refractivity contribution in [3.63, 3.8) is 0 Å². The summed E-state index contributed by atoms with van der Waals surface area (Å²) in [4.78, 5) is 4.22. The van der Waals surface area contributed by atoms with Crippen molar-refractivity contribution in [3.8, 4) is 22.8 Å². The maximum atomic E-state index is 5.97. The summed E-state index contributed by atoms with van der Waals surface area (Å²) in [7, 11) is 3.15. The van der Waals surface area contributed by atoms with E-state index in [4.69, 9.17) is 26.8 Å². The van der Waals surface area contributed by atoms with E-state index in [-0.39, 0.29) is 0 Å². The van der Waals surface area contributed by atoms with E-state index in [0.717, 1.165) is 11.3 Å². The predicted octanol–water partition coefficient (Wildman–Crippen LogP) is 3.06. The molecule has 0 saturated heterocycles. The normalized spacial score (nSPS) is 10.3. The summed E-state index contributed by atoms with van der Waals surface area (Å²) in [5.74, 6) is 1.22. The molecule has 2 N–H and O–H groups in total. The third-order valence-electron chi connectivity index (χ3n) is 2.25. The van der Waals surface area contributed by atoms with Gasteiger partial charge in [0.15, 0.2) is 5.13 Å². The summed E-state index contributed by atoms with van der Waals surface area (Å²) in [6.07, 6.45) is 0. The Kier molecular flexibility index (Phi) is 3.40. The van der Waals surface area contributed by atoms with Gasteiger partial charge in [-0.15, -0.1) is 11.3 Å². The van der Waals surface area contributed by atoms with Crippen molar-refractivity contribution < 1.29 is 9.47 Å². The van der Waals surface area contributed by atoms with Gasteiger partial charge in [-0.25, -0.2) is 4.98 Å². The van der Waals surface area contributed by atoms with Gasteiger partial charge >= 0.3 is 0 Å².